The topological polar surface area (TPSA) is 97.6 Å². The molecule has 0 N–H and O–H groups in total. The van der Waals surface area contributed by atoms with Crippen molar-refractivity contribution in [3.8, 4) is 6.07 Å². The van der Waals surface area contributed by atoms with Gasteiger partial charge in [0, 0.05) is 50.9 Å². The van der Waals surface area contributed by atoms with Gasteiger partial charge in [0.05, 0.1) is 29.0 Å². The second kappa shape index (κ2) is 8.70. The van der Waals surface area contributed by atoms with Crippen LogP contribution in [0.2, 0.25) is 0 Å². The minimum atomic E-state index is -3.39. The van der Waals surface area contributed by atoms with Crippen LogP contribution >= 0.6 is 0 Å². The fourth-order valence-corrected chi connectivity index (χ4v) is 5.28. The highest BCUT2D eigenvalue weighted by molar-refractivity contribution is 7.88. The molecule has 0 radical (unpaired) electrons. The molecule has 2 fully saturated rings. The molecule has 0 atom stereocenters. The number of carbonyl (C=O) groups is 1. The molecule has 2 saturated heterocycles. The average Bonchev–Trinajstić information content (AvgIpc) is 2.82. The quantitative estimate of drug-likeness (QED) is 0.607. The van der Waals surface area contributed by atoms with E-state index >= 15 is 0 Å². The molecule has 2 aliphatic heterocycles. The fourth-order valence-electron chi connectivity index (χ4n) is 4.45. The molecule has 0 spiro atoms. The monoisotopic (exact) mass is 495 g/mol. The molecule has 1 aromatic heterocycles. The number of rotatable bonds is 3. The number of hydrogen-bond donors (Lipinski definition) is 0. The number of aromatic nitrogens is 1. The van der Waals surface area contributed by atoms with Crippen molar-refractivity contribution in [2.45, 2.75) is 19.8 Å². The summed E-state index contributed by atoms with van der Waals surface area (Å²) in [6.07, 6.45) is 3.20. The Kier molecular flexibility index (Phi) is 6.20. The van der Waals surface area contributed by atoms with E-state index in [1.54, 1.807) is 4.90 Å². The number of fused-ring (bicyclic) bond motifs is 1. The predicted molar refractivity (Wildman–Crippen MR) is 119 cm³/mol. The van der Waals surface area contributed by atoms with Gasteiger partial charge in [0.1, 0.15) is 5.52 Å². The van der Waals surface area contributed by atoms with Crippen LogP contribution in [0.3, 0.4) is 0 Å². The lowest BCUT2D eigenvalue weighted by Crippen LogP contribution is -2.50. The van der Waals surface area contributed by atoms with Crippen molar-refractivity contribution in [3.63, 3.8) is 0 Å². The van der Waals surface area contributed by atoms with Crippen molar-refractivity contribution < 1.29 is 26.4 Å². The van der Waals surface area contributed by atoms with Crippen LogP contribution in [0, 0.1) is 34.2 Å². The normalized spacial score (nSPS) is 19.3. The number of benzene rings is 1. The Hall–Kier alpha value is -2.91. The minimum Gasteiger partial charge on any atom is -0.370 e. The first-order valence-corrected chi connectivity index (χ1v) is 12.7. The van der Waals surface area contributed by atoms with Gasteiger partial charge in [-0.05, 0) is 25.8 Å². The number of pyridine rings is 1. The lowest BCUT2D eigenvalue weighted by atomic mass is 9.81. The highest BCUT2D eigenvalue weighted by atomic mass is 32.2. The Morgan fingerprint density at radius 1 is 1.09 bits per heavy atom. The van der Waals surface area contributed by atoms with E-state index in [1.807, 2.05) is 6.92 Å². The van der Waals surface area contributed by atoms with Crippen LogP contribution in [0.5, 0.6) is 0 Å². The largest absolute Gasteiger partial charge is 0.370 e. The summed E-state index contributed by atoms with van der Waals surface area (Å²) in [5.74, 6) is -4.93. The van der Waals surface area contributed by atoms with E-state index in [1.165, 1.54) is 9.21 Å². The summed E-state index contributed by atoms with van der Waals surface area (Å²) < 4.78 is 67.5. The highest BCUT2D eigenvalue weighted by Crippen LogP contribution is 2.38. The van der Waals surface area contributed by atoms with E-state index in [-0.39, 0.29) is 48.3 Å². The van der Waals surface area contributed by atoms with Crippen molar-refractivity contribution in [1.29, 1.82) is 5.26 Å². The standard InChI is InChI=1S/C22H24F3N5O3S/c1-22(13-26)3-5-28(6-4-22)20-14-11-16(23)17(24)18(25)19(14)27-12-15(20)21(31)29-7-9-30(10-8-29)34(2,32)33/h11-12H,3-10H2,1-2H3. The highest BCUT2D eigenvalue weighted by Gasteiger charge is 2.35. The number of piperazine rings is 1. The molecule has 0 bridgehead atoms. The third-order valence-electron chi connectivity index (χ3n) is 6.65. The van der Waals surface area contributed by atoms with E-state index < -0.39 is 38.8 Å². The Bertz CT molecular complexity index is 1300. The van der Waals surface area contributed by atoms with Crippen molar-refractivity contribution in [1.82, 2.24) is 14.2 Å². The molecule has 2 aromatic rings. The zero-order valence-electron chi connectivity index (χ0n) is 18.8. The Labute approximate surface area is 195 Å². The lowest BCUT2D eigenvalue weighted by molar-refractivity contribution is 0.0698. The van der Waals surface area contributed by atoms with Crippen LogP contribution in [0.4, 0.5) is 18.9 Å². The number of hydrogen-bond acceptors (Lipinski definition) is 6. The van der Waals surface area contributed by atoms with Gasteiger partial charge in [0.2, 0.25) is 10.0 Å². The molecule has 0 unspecified atom stereocenters. The summed E-state index contributed by atoms with van der Waals surface area (Å²) in [5.41, 5.74) is -0.626. The maximum atomic E-state index is 14.5. The summed E-state index contributed by atoms with van der Waals surface area (Å²) >= 11 is 0. The molecule has 3 heterocycles. The number of piperidine rings is 1. The molecular formula is C22H24F3N5O3S. The minimum absolute atomic E-state index is 0.0300. The van der Waals surface area contributed by atoms with Crippen LogP contribution in [-0.2, 0) is 10.0 Å². The van der Waals surface area contributed by atoms with Crippen LogP contribution in [0.25, 0.3) is 10.9 Å². The molecule has 12 heteroatoms. The zero-order valence-corrected chi connectivity index (χ0v) is 19.6. The van der Waals surface area contributed by atoms with Gasteiger partial charge in [-0.15, -0.1) is 0 Å². The van der Waals surface area contributed by atoms with Gasteiger partial charge in [0.25, 0.3) is 5.91 Å². The summed E-state index contributed by atoms with van der Waals surface area (Å²) in [6.45, 7) is 3.07. The molecular weight excluding hydrogens is 471 g/mol. The lowest BCUT2D eigenvalue weighted by Gasteiger charge is -2.38. The first kappa shape index (κ1) is 24.2. The van der Waals surface area contributed by atoms with E-state index in [9.17, 15) is 31.6 Å². The van der Waals surface area contributed by atoms with E-state index in [4.69, 9.17) is 0 Å². The average molecular weight is 496 g/mol. The van der Waals surface area contributed by atoms with Crippen LogP contribution in [-0.4, -0.2) is 74.0 Å². The molecule has 8 nitrogen and oxygen atoms in total. The summed E-state index contributed by atoms with van der Waals surface area (Å²) in [6, 6.07) is 3.12. The molecule has 34 heavy (non-hydrogen) atoms. The smallest absolute Gasteiger partial charge is 0.257 e. The number of halogens is 3. The van der Waals surface area contributed by atoms with Gasteiger partial charge in [-0.25, -0.2) is 21.6 Å². The molecule has 0 aliphatic carbocycles. The Morgan fingerprint density at radius 3 is 2.26 bits per heavy atom. The molecule has 182 valence electrons. The van der Waals surface area contributed by atoms with Crippen molar-refractivity contribution in [2.24, 2.45) is 5.41 Å². The first-order valence-electron chi connectivity index (χ1n) is 10.8. The van der Waals surface area contributed by atoms with Crippen LogP contribution in [0.1, 0.15) is 30.1 Å². The second-order valence-corrected chi connectivity index (χ2v) is 11.0. The van der Waals surface area contributed by atoms with E-state index in [0.29, 0.717) is 25.9 Å². The predicted octanol–water partition coefficient (Wildman–Crippen LogP) is 2.50. The molecule has 1 amide bonds. The SMILES string of the molecule is CC1(C#N)CCN(c2c(C(=O)N3CCN(S(C)(=O)=O)CC3)cnc3c(F)c(F)c(F)cc23)CC1. The van der Waals surface area contributed by atoms with Gasteiger partial charge in [0.15, 0.2) is 17.5 Å². The summed E-state index contributed by atoms with van der Waals surface area (Å²) in [7, 11) is -3.39. The van der Waals surface area contributed by atoms with Crippen molar-refractivity contribution in [2.75, 3.05) is 50.4 Å². The Balaban J connectivity index is 1.76. The maximum absolute atomic E-state index is 14.5. The van der Waals surface area contributed by atoms with Crippen molar-refractivity contribution in [3.05, 3.63) is 35.3 Å². The van der Waals surface area contributed by atoms with Gasteiger partial charge in [-0.3, -0.25) is 9.78 Å². The summed E-state index contributed by atoms with van der Waals surface area (Å²) in [5, 5.41) is 9.42. The molecule has 4 rings (SSSR count). The van der Waals surface area contributed by atoms with Crippen molar-refractivity contribution >= 4 is 32.5 Å². The number of anilines is 1. The van der Waals surface area contributed by atoms with Gasteiger partial charge in [-0.2, -0.15) is 9.57 Å². The molecule has 2 aliphatic rings. The third-order valence-corrected chi connectivity index (χ3v) is 7.95. The fraction of sp³-hybridized carbons (Fsp3) is 0.500. The van der Waals surface area contributed by atoms with Crippen LogP contribution < -0.4 is 4.90 Å². The molecule has 1 aromatic carbocycles. The number of nitrogens with zero attached hydrogens (tertiary/aromatic N) is 5. The number of nitriles is 1. The summed E-state index contributed by atoms with van der Waals surface area (Å²) in [4.78, 5) is 20.6. The van der Waals surface area contributed by atoms with Gasteiger partial charge in [-0.1, -0.05) is 0 Å². The van der Waals surface area contributed by atoms with Gasteiger partial charge < -0.3 is 9.80 Å². The van der Waals surface area contributed by atoms with Crippen LogP contribution in [0.15, 0.2) is 12.3 Å². The maximum Gasteiger partial charge on any atom is 0.257 e. The van der Waals surface area contributed by atoms with E-state index in [0.717, 1.165) is 18.5 Å². The number of carbonyl (C=O) groups excluding carboxylic acids is 1. The molecule has 0 saturated carbocycles. The third kappa shape index (κ3) is 4.30. The van der Waals surface area contributed by atoms with Gasteiger partial charge >= 0.3 is 0 Å². The first-order chi connectivity index (χ1) is 15.9. The number of amides is 1. The zero-order chi connectivity index (χ0) is 24.8. The van der Waals surface area contributed by atoms with E-state index in [2.05, 4.69) is 11.1 Å². The Morgan fingerprint density at radius 2 is 1.71 bits per heavy atom. The number of sulfonamides is 1. The second-order valence-electron chi connectivity index (χ2n) is 9.02.